The number of nitrogens with zero attached hydrogens (tertiary/aromatic N) is 2. The number of methoxy groups -OCH3 is 1. The van der Waals surface area contributed by atoms with E-state index in [-0.39, 0.29) is 30.2 Å². The number of anilines is 1. The second-order valence-electron chi connectivity index (χ2n) is 3.82. The maximum atomic E-state index is 12.5. The van der Waals surface area contributed by atoms with Gasteiger partial charge in [0.05, 0.1) is 13.2 Å². The number of nitrogens with two attached hydrogens (primary N) is 1. The fourth-order valence-corrected chi connectivity index (χ4v) is 3.25. The number of nitriles is 1. The van der Waals surface area contributed by atoms with Crippen LogP contribution in [0.1, 0.15) is 13.3 Å². The van der Waals surface area contributed by atoms with Gasteiger partial charge in [0.15, 0.2) is 0 Å². The van der Waals surface area contributed by atoms with Gasteiger partial charge < -0.3 is 10.5 Å². The molecule has 0 amide bonds. The molecule has 0 unspecified atom stereocenters. The lowest BCUT2D eigenvalue weighted by Crippen LogP contribution is -2.32. The van der Waals surface area contributed by atoms with E-state index < -0.39 is 10.0 Å². The highest BCUT2D eigenvalue weighted by Crippen LogP contribution is 2.28. The van der Waals surface area contributed by atoms with E-state index >= 15 is 0 Å². The lowest BCUT2D eigenvalue weighted by molar-refractivity contribution is 0.394. The topological polar surface area (TPSA) is 96.4 Å². The van der Waals surface area contributed by atoms with Gasteiger partial charge in [-0.15, -0.1) is 0 Å². The summed E-state index contributed by atoms with van der Waals surface area (Å²) in [5.74, 6) is 0.204. The third-order valence-corrected chi connectivity index (χ3v) is 4.64. The Balaban J connectivity index is 3.22. The molecule has 6 nitrogen and oxygen atoms in total. The molecule has 2 N–H and O–H groups in total. The Morgan fingerprint density at radius 2 is 2.16 bits per heavy atom. The predicted molar refractivity (Wildman–Crippen MR) is 72.1 cm³/mol. The first-order chi connectivity index (χ1) is 8.97. The van der Waals surface area contributed by atoms with Crippen LogP contribution in [0.3, 0.4) is 0 Å². The molecule has 104 valence electrons. The normalized spacial score (nSPS) is 11.3. The van der Waals surface area contributed by atoms with Gasteiger partial charge in [0.1, 0.15) is 10.6 Å². The molecule has 0 atom stereocenters. The quantitative estimate of drug-likeness (QED) is 0.791. The molecular formula is C12H17N3O3S. The fourth-order valence-electron chi connectivity index (χ4n) is 1.66. The molecule has 0 bridgehead atoms. The van der Waals surface area contributed by atoms with Crippen molar-refractivity contribution < 1.29 is 13.2 Å². The van der Waals surface area contributed by atoms with Gasteiger partial charge in [0.2, 0.25) is 10.0 Å². The minimum atomic E-state index is -3.68. The van der Waals surface area contributed by atoms with Crippen LogP contribution in [0.4, 0.5) is 5.69 Å². The maximum Gasteiger partial charge on any atom is 0.246 e. The van der Waals surface area contributed by atoms with Crippen LogP contribution in [0.2, 0.25) is 0 Å². The second-order valence-corrected chi connectivity index (χ2v) is 5.72. The largest absolute Gasteiger partial charge is 0.495 e. The van der Waals surface area contributed by atoms with Crippen molar-refractivity contribution in [2.45, 2.75) is 18.2 Å². The van der Waals surface area contributed by atoms with Gasteiger partial charge in [-0.2, -0.15) is 9.57 Å². The Hall–Kier alpha value is -1.78. The van der Waals surface area contributed by atoms with Gasteiger partial charge in [0, 0.05) is 31.3 Å². The summed E-state index contributed by atoms with van der Waals surface area (Å²) < 4.78 is 31.2. The average Bonchev–Trinajstić information content (AvgIpc) is 2.38. The average molecular weight is 283 g/mol. The van der Waals surface area contributed by atoms with Crippen LogP contribution in [-0.2, 0) is 10.0 Å². The molecule has 0 spiro atoms. The summed E-state index contributed by atoms with van der Waals surface area (Å²) in [5, 5.41) is 8.57. The molecule has 0 heterocycles. The summed E-state index contributed by atoms with van der Waals surface area (Å²) >= 11 is 0. The highest BCUT2D eigenvalue weighted by atomic mass is 32.2. The molecule has 0 aliphatic heterocycles. The van der Waals surface area contributed by atoms with Gasteiger partial charge in [-0.05, 0) is 12.1 Å². The summed E-state index contributed by atoms with van der Waals surface area (Å²) in [6.45, 7) is 2.17. The van der Waals surface area contributed by atoms with Gasteiger partial charge in [0.25, 0.3) is 0 Å². The second kappa shape index (κ2) is 6.41. The van der Waals surface area contributed by atoms with Crippen molar-refractivity contribution in [2.75, 3.05) is 25.9 Å². The Labute approximate surface area is 113 Å². The number of nitrogen functional groups attached to an aromatic ring is 1. The van der Waals surface area contributed by atoms with Gasteiger partial charge in [-0.3, -0.25) is 0 Å². The summed E-state index contributed by atoms with van der Waals surface area (Å²) in [7, 11) is -2.29. The zero-order valence-corrected chi connectivity index (χ0v) is 11.8. The summed E-state index contributed by atoms with van der Waals surface area (Å²) in [5.41, 5.74) is 6.03. The molecule has 7 heteroatoms. The summed E-state index contributed by atoms with van der Waals surface area (Å²) in [6, 6.07) is 6.32. The summed E-state index contributed by atoms with van der Waals surface area (Å²) in [6.07, 6.45) is 0.143. The van der Waals surface area contributed by atoms with Crippen LogP contribution in [0, 0.1) is 11.3 Å². The van der Waals surface area contributed by atoms with E-state index in [4.69, 9.17) is 15.7 Å². The zero-order chi connectivity index (χ0) is 14.5. The van der Waals surface area contributed by atoms with Crippen molar-refractivity contribution >= 4 is 15.7 Å². The zero-order valence-electron chi connectivity index (χ0n) is 11.0. The smallest absolute Gasteiger partial charge is 0.246 e. The van der Waals surface area contributed by atoms with Gasteiger partial charge in [-0.25, -0.2) is 8.42 Å². The molecule has 0 aromatic heterocycles. The lowest BCUT2D eigenvalue weighted by Gasteiger charge is -2.20. The minimum Gasteiger partial charge on any atom is -0.495 e. The number of rotatable bonds is 6. The number of hydrogen-bond donors (Lipinski definition) is 1. The highest BCUT2D eigenvalue weighted by Gasteiger charge is 2.26. The first kappa shape index (κ1) is 15.3. The van der Waals surface area contributed by atoms with Crippen molar-refractivity contribution in [3.63, 3.8) is 0 Å². The lowest BCUT2D eigenvalue weighted by atomic mass is 10.3. The molecule has 1 aromatic rings. The molecule has 0 radical (unpaired) electrons. The van der Waals surface area contributed by atoms with Crippen LogP contribution >= 0.6 is 0 Å². The minimum absolute atomic E-state index is 0.0592. The van der Waals surface area contributed by atoms with Crippen molar-refractivity contribution in [1.82, 2.24) is 4.31 Å². The van der Waals surface area contributed by atoms with Crippen molar-refractivity contribution in [3.8, 4) is 11.8 Å². The van der Waals surface area contributed by atoms with E-state index in [2.05, 4.69) is 0 Å². The summed E-state index contributed by atoms with van der Waals surface area (Å²) in [4.78, 5) is 0.0592. The standard InChI is InChI=1S/C12H17N3O3S/c1-3-15(8-4-7-13)19(16,17)12-6-5-10(14)9-11(12)18-2/h5-6,9H,3-4,8,14H2,1-2H3. The van der Waals surface area contributed by atoms with Gasteiger partial charge >= 0.3 is 0 Å². The Bertz CT molecular complexity index is 578. The molecule has 0 aliphatic rings. The highest BCUT2D eigenvalue weighted by molar-refractivity contribution is 7.89. The monoisotopic (exact) mass is 283 g/mol. The number of benzene rings is 1. The van der Waals surface area contributed by atoms with E-state index in [0.717, 1.165) is 0 Å². The molecule has 19 heavy (non-hydrogen) atoms. The van der Waals surface area contributed by atoms with Crippen LogP contribution in [-0.4, -0.2) is 32.9 Å². The third-order valence-electron chi connectivity index (χ3n) is 2.63. The Kier molecular flexibility index (Phi) is 5.15. The third kappa shape index (κ3) is 3.36. The number of hydrogen-bond acceptors (Lipinski definition) is 5. The molecule has 0 aliphatic carbocycles. The molecule has 0 saturated heterocycles. The number of ether oxygens (including phenoxy) is 1. The first-order valence-corrected chi connectivity index (χ1v) is 7.22. The van der Waals surface area contributed by atoms with E-state index in [1.165, 1.54) is 29.6 Å². The fraction of sp³-hybridized carbons (Fsp3) is 0.417. The van der Waals surface area contributed by atoms with E-state index in [1.54, 1.807) is 6.92 Å². The van der Waals surface area contributed by atoms with Gasteiger partial charge in [-0.1, -0.05) is 6.92 Å². The van der Waals surface area contributed by atoms with Crippen LogP contribution in [0.15, 0.2) is 23.1 Å². The SMILES string of the molecule is CCN(CCC#N)S(=O)(=O)c1ccc(N)cc1OC. The van der Waals surface area contributed by atoms with E-state index in [0.29, 0.717) is 5.69 Å². The van der Waals surface area contributed by atoms with Crippen LogP contribution in [0.5, 0.6) is 5.75 Å². The molecule has 0 saturated carbocycles. The molecule has 0 fully saturated rings. The van der Waals surface area contributed by atoms with E-state index in [1.807, 2.05) is 6.07 Å². The van der Waals surface area contributed by atoms with Crippen molar-refractivity contribution in [2.24, 2.45) is 0 Å². The van der Waals surface area contributed by atoms with E-state index in [9.17, 15) is 8.42 Å². The molecule has 1 rings (SSSR count). The van der Waals surface area contributed by atoms with Crippen LogP contribution in [0.25, 0.3) is 0 Å². The van der Waals surface area contributed by atoms with Crippen molar-refractivity contribution in [3.05, 3.63) is 18.2 Å². The Morgan fingerprint density at radius 3 is 2.68 bits per heavy atom. The molecular weight excluding hydrogens is 266 g/mol. The Morgan fingerprint density at radius 1 is 1.47 bits per heavy atom. The van der Waals surface area contributed by atoms with Crippen molar-refractivity contribution in [1.29, 1.82) is 5.26 Å². The van der Waals surface area contributed by atoms with Crippen LogP contribution < -0.4 is 10.5 Å². The number of sulfonamides is 1. The first-order valence-electron chi connectivity index (χ1n) is 5.78. The molecule has 1 aromatic carbocycles. The maximum absolute atomic E-state index is 12.5. The predicted octanol–water partition coefficient (Wildman–Crippen LogP) is 1.20.